The minimum Gasteiger partial charge on any atom is -0.496 e. The van der Waals surface area contributed by atoms with Gasteiger partial charge in [-0.1, -0.05) is 15.9 Å². The third-order valence-electron chi connectivity index (χ3n) is 3.06. The van der Waals surface area contributed by atoms with Crippen LogP contribution in [-0.2, 0) is 11.2 Å². The molecule has 4 heteroatoms. The van der Waals surface area contributed by atoms with Crippen molar-refractivity contribution >= 4 is 21.7 Å². The molecule has 0 aromatic heterocycles. The molecule has 0 amide bonds. The molecule has 92 valence electrons. The van der Waals surface area contributed by atoms with E-state index in [1.54, 1.807) is 7.11 Å². The third kappa shape index (κ3) is 3.07. The number of hydrogen-bond donors (Lipinski definition) is 1. The Morgan fingerprint density at radius 3 is 3.06 bits per heavy atom. The van der Waals surface area contributed by atoms with Gasteiger partial charge in [0.15, 0.2) is 5.78 Å². The van der Waals surface area contributed by atoms with Gasteiger partial charge in [0.2, 0.25) is 0 Å². The van der Waals surface area contributed by atoms with Gasteiger partial charge in [-0.2, -0.15) is 0 Å². The molecular weight excluding hydrogens is 282 g/mol. The highest BCUT2D eigenvalue weighted by molar-refractivity contribution is 9.10. The summed E-state index contributed by atoms with van der Waals surface area (Å²) in [6.45, 7) is 0.950. The first-order chi connectivity index (χ1) is 8.20. The third-order valence-corrected chi connectivity index (χ3v) is 3.55. The topological polar surface area (TPSA) is 38.3 Å². The van der Waals surface area contributed by atoms with E-state index in [0.29, 0.717) is 6.42 Å². The zero-order valence-electron chi connectivity index (χ0n) is 9.83. The van der Waals surface area contributed by atoms with E-state index in [4.69, 9.17) is 4.74 Å². The lowest BCUT2D eigenvalue weighted by Crippen LogP contribution is -2.31. The number of carbonyl (C=O) groups is 1. The largest absolute Gasteiger partial charge is 0.496 e. The number of benzene rings is 1. The SMILES string of the molecule is COc1ccc(Br)cc1CC(=O)C1CCCN1. The Labute approximate surface area is 110 Å². The molecule has 0 radical (unpaired) electrons. The highest BCUT2D eigenvalue weighted by Gasteiger charge is 2.22. The molecule has 1 aromatic carbocycles. The second kappa shape index (κ2) is 5.65. The first kappa shape index (κ1) is 12.6. The van der Waals surface area contributed by atoms with Crippen LogP contribution in [0.2, 0.25) is 0 Å². The number of hydrogen-bond acceptors (Lipinski definition) is 3. The fourth-order valence-electron chi connectivity index (χ4n) is 2.16. The van der Waals surface area contributed by atoms with Crippen molar-refractivity contribution < 1.29 is 9.53 Å². The molecule has 0 spiro atoms. The molecule has 1 heterocycles. The molecule has 1 fully saturated rings. The van der Waals surface area contributed by atoms with Gasteiger partial charge in [-0.3, -0.25) is 4.79 Å². The molecule has 0 aliphatic carbocycles. The van der Waals surface area contributed by atoms with Gasteiger partial charge in [0.1, 0.15) is 5.75 Å². The average molecular weight is 298 g/mol. The minimum absolute atomic E-state index is 0.0266. The van der Waals surface area contributed by atoms with Gasteiger partial charge < -0.3 is 10.1 Å². The number of carbonyl (C=O) groups excluding carboxylic acids is 1. The lowest BCUT2D eigenvalue weighted by molar-refractivity contribution is -0.120. The number of halogens is 1. The molecule has 0 bridgehead atoms. The standard InChI is InChI=1S/C13H16BrNO2/c1-17-13-5-4-10(14)7-9(13)8-12(16)11-3-2-6-15-11/h4-5,7,11,15H,2-3,6,8H2,1H3. The van der Waals surface area contributed by atoms with Crippen LogP contribution in [0.4, 0.5) is 0 Å². The summed E-state index contributed by atoms with van der Waals surface area (Å²) in [4.78, 5) is 12.1. The van der Waals surface area contributed by atoms with Gasteiger partial charge in [-0.25, -0.2) is 0 Å². The first-order valence-corrected chi connectivity index (χ1v) is 6.58. The Morgan fingerprint density at radius 1 is 1.59 bits per heavy atom. The Kier molecular flexibility index (Phi) is 4.18. The summed E-state index contributed by atoms with van der Waals surface area (Å²) in [6, 6.07) is 5.78. The fourth-order valence-corrected chi connectivity index (χ4v) is 2.56. The lowest BCUT2D eigenvalue weighted by atomic mass is 10.0. The molecule has 0 saturated carbocycles. The van der Waals surface area contributed by atoms with E-state index in [1.807, 2.05) is 18.2 Å². The first-order valence-electron chi connectivity index (χ1n) is 5.79. The van der Waals surface area contributed by atoms with Crippen LogP contribution in [-0.4, -0.2) is 25.5 Å². The number of nitrogens with one attached hydrogen (secondary N) is 1. The molecule has 1 aliphatic rings. The summed E-state index contributed by atoms with van der Waals surface area (Å²) >= 11 is 3.42. The van der Waals surface area contributed by atoms with Crippen LogP contribution in [0.1, 0.15) is 18.4 Å². The Hall–Kier alpha value is -0.870. The van der Waals surface area contributed by atoms with E-state index in [9.17, 15) is 4.79 Å². The van der Waals surface area contributed by atoms with Gasteiger partial charge in [0.05, 0.1) is 13.2 Å². The van der Waals surface area contributed by atoms with Gasteiger partial charge >= 0.3 is 0 Å². The van der Waals surface area contributed by atoms with E-state index in [2.05, 4.69) is 21.2 Å². The van der Waals surface area contributed by atoms with Gasteiger partial charge in [-0.05, 0) is 37.6 Å². The Morgan fingerprint density at radius 2 is 2.41 bits per heavy atom. The maximum Gasteiger partial charge on any atom is 0.154 e. The summed E-state index contributed by atoms with van der Waals surface area (Å²) in [5.74, 6) is 1.03. The van der Waals surface area contributed by atoms with Crippen LogP contribution in [0.25, 0.3) is 0 Å². The van der Waals surface area contributed by atoms with E-state index >= 15 is 0 Å². The normalized spacial score (nSPS) is 19.3. The molecule has 1 aromatic rings. The van der Waals surface area contributed by atoms with Crippen molar-refractivity contribution in [2.45, 2.75) is 25.3 Å². The van der Waals surface area contributed by atoms with Crippen molar-refractivity contribution in [1.82, 2.24) is 5.32 Å². The van der Waals surface area contributed by atoms with Gasteiger partial charge in [-0.15, -0.1) is 0 Å². The van der Waals surface area contributed by atoms with Crippen molar-refractivity contribution in [3.05, 3.63) is 28.2 Å². The number of ketones is 1. The van der Waals surface area contributed by atoms with Crippen molar-refractivity contribution in [2.75, 3.05) is 13.7 Å². The number of rotatable bonds is 4. The Balaban J connectivity index is 2.11. The smallest absolute Gasteiger partial charge is 0.154 e. The predicted molar refractivity (Wildman–Crippen MR) is 70.4 cm³/mol. The highest BCUT2D eigenvalue weighted by atomic mass is 79.9. The van der Waals surface area contributed by atoms with Crippen molar-refractivity contribution in [1.29, 1.82) is 0 Å². The van der Waals surface area contributed by atoms with Crippen LogP contribution in [0.15, 0.2) is 22.7 Å². The molecule has 1 N–H and O–H groups in total. The summed E-state index contributed by atoms with van der Waals surface area (Å²) < 4.78 is 6.24. The summed E-state index contributed by atoms with van der Waals surface area (Å²) in [5.41, 5.74) is 0.945. The van der Waals surface area contributed by atoms with E-state index in [0.717, 1.165) is 35.2 Å². The second-order valence-corrected chi connectivity index (χ2v) is 5.16. The predicted octanol–water partition coefficient (Wildman–Crippen LogP) is 2.32. The quantitative estimate of drug-likeness (QED) is 0.927. The highest BCUT2D eigenvalue weighted by Crippen LogP contribution is 2.24. The van der Waals surface area contributed by atoms with E-state index in [1.165, 1.54) is 0 Å². The van der Waals surface area contributed by atoms with Crippen molar-refractivity contribution in [3.63, 3.8) is 0 Å². The van der Waals surface area contributed by atoms with Crippen LogP contribution in [0, 0.1) is 0 Å². The molecule has 1 aliphatic heterocycles. The molecule has 1 unspecified atom stereocenters. The van der Waals surface area contributed by atoms with Crippen molar-refractivity contribution in [2.24, 2.45) is 0 Å². The van der Waals surface area contributed by atoms with Crippen molar-refractivity contribution in [3.8, 4) is 5.75 Å². The van der Waals surface area contributed by atoms with Gasteiger partial charge in [0.25, 0.3) is 0 Å². The second-order valence-electron chi connectivity index (χ2n) is 4.25. The van der Waals surface area contributed by atoms with E-state index < -0.39 is 0 Å². The van der Waals surface area contributed by atoms with Gasteiger partial charge in [0, 0.05) is 16.5 Å². The molecular formula is C13H16BrNO2. The van der Waals surface area contributed by atoms with Crippen LogP contribution in [0.5, 0.6) is 5.75 Å². The lowest BCUT2D eigenvalue weighted by Gasteiger charge is -2.12. The maximum absolute atomic E-state index is 12.1. The number of methoxy groups -OCH3 is 1. The monoisotopic (exact) mass is 297 g/mol. The van der Waals surface area contributed by atoms with Crippen LogP contribution < -0.4 is 10.1 Å². The molecule has 1 atom stereocenters. The molecule has 17 heavy (non-hydrogen) atoms. The van der Waals surface area contributed by atoms with Crippen LogP contribution >= 0.6 is 15.9 Å². The van der Waals surface area contributed by atoms with Crippen LogP contribution in [0.3, 0.4) is 0 Å². The minimum atomic E-state index is 0.0266. The van der Waals surface area contributed by atoms with E-state index in [-0.39, 0.29) is 11.8 Å². The summed E-state index contributed by atoms with van der Waals surface area (Å²) in [6.07, 6.45) is 2.47. The molecule has 1 saturated heterocycles. The zero-order valence-corrected chi connectivity index (χ0v) is 11.4. The number of Topliss-reactive ketones (excluding diaryl/α,β-unsaturated/α-hetero) is 1. The maximum atomic E-state index is 12.1. The number of ether oxygens (including phenoxy) is 1. The Bertz CT molecular complexity index is 414. The molecule has 3 nitrogen and oxygen atoms in total. The average Bonchev–Trinajstić information content (AvgIpc) is 2.83. The zero-order chi connectivity index (χ0) is 12.3. The summed E-state index contributed by atoms with van der Waals surface area (Å²) in [7, 11) is 1.63. The fraction of sp³-hybridized carbons (Fsp3) is 0.462. The summed E-state index contributed by atoms with van der Waals surface area (Å²) in [5, 5.41) is 3.23. The molecule has 2 rings (SSSR count).